The highest BCUT2D eigenvalue weighted by Gasteiger charge is 2.16. The van der Waals surface area contributed by atoms with Crippen molar-refractivity contribution in [2.24, 2.45) is 4.99 Å². The van der Waals surface area contributed by atoms with Gasteiger partial charge >= 0.3 is 5.97 Å². The number of hydrogen-bond acceptors (Lipinski definition) is 8. The second-order valence-electron chi connectivity index (χ2n) is 6.65. The van der Waals surface area contributed by atoms with E-state index in [-0.39, 0.29) is 12.4 Å². The van der Waals surface area contributed by atoms with Crippen LogP contribution in [0.4, 0.5) is 5.13 Å². The standard InChI is InChI=1S/C23H20N2O5S/c1-4-29-22(27)21-13(2)24-23(31-21)25-18-12-20(14-5-8-16(28-3)9-6-14)30-19-10-7-15(26)11-17(18)19/h5-12,26H,4H2,1-3H3/b25-18+. The molecule has 4 rings (SSSR count). The number of esters is 1. The van der Waals surface area contributed by atoms with Crippen LogP contribution in [0.25, 0.3) is 22.3 Å². The predicted molar refractivity (Wildman–Crippen MR) is 118 cm³/mol. The minimum atomic E-state index is -0.413. The van der Waals surface area contributed by atoms with Crippen molar-refractivity contribution >= 4 is 33.4 Å². The highest BCUT2D eigenvalue weighted by atomic mass is 32.1. The Labute approximate surface area is 182 Å². The van der Waals surface area contributed by atoms with E-state index in [1.54, 1.807) is 45.2 Å². The summed E-state index contributed by atoms with van der Waals surface area (Å²) in [5.74, 6) is 1.02. The number of aromatic hydroxyl groups is 1. The summed E-state index contributed by atoms with van der Waals surface area (Å²) in [6.07, 6.45) is 0. The fourth-order valence-electron chi connectivity index (χ4n) is 3.07. The lowest BCUT2D eigenvalue weighted by Gasteiger charge is -2.06. The molecule has 0 aliphatic carbocycles. The Morgan fingerprint density at radius 3 is 2.68 bits per heavy atom. The van der Waals surface area contributed by atoms with Gasteiger partial charge in [0.05, 0.1) is 24.8 Å². The zero-order chi connectivity index (χ0) is 22.0. The summed E-state index contributed by atoms with van der Waals surface area (Å²) in [5, 5.41) is 11.6. The van der Waals surface area contributed by atoms with E-state index in [2.05, 4.69) is 9.98 Å². The molecule has 2 aromatic heterocycles. The van der Waals surface area contributed by atoms with E-state index in [9.17, 15) is 9.90 Å². The highest BCUT2D eigenvalue weighted by molar-refractivity contribution is 7.17. The first-order chi connectivity index (χ1) is 15.0. The maximum Gasteiger partial charge on any atom is 0.350 e. The molecule has 0 amide bonds. The van der Waals surface area contributed by atoms with E-state index >= 15 is 0 Å². The van der Waals surface area contributed by atoms with Crippen LogP contribution in [-0.4, -0.2) is 29.8 Å². The van der Waals surface area contributed by atoms with Gasteiger partial charge < -0.3 is 19.0 Å². The molecule has 0 saturated carbocycles. The molecule has 0 atom stereocenters. The average molecular weight is 436 g/mol. The van der Waals surface area contributed by atoms with Crippen molar-refractivity contribution in [2.45, 2.75) is 13.8 Å². The summed E-state index contributed by atoms with van der Waals surface area (Å²) in [7, 11) is 1.61. The van der Waals surface area contributed by atoms with E-state index in [0.29, 0.717) is 37.8 Å². The summed E-state index contributed by atoms with van der Waals surface area (Å²) in [6.45, 7) is 3.79. The third-order valence-electron chi connectivity index (χ3n) is 4.56. The first-order valence-electron chi connectivity index (χ1n) is 9.59. The van der Waals surface area contributed by atoms with Gasteiger partial charge in [-0.1, -0.05) is 11.3 Å². The lowest BCUT2D eigenvalue weighted by atomic mass is 10.1. The van der Waals surface area contributed by atoms with Gasteiger partial charge in [0.15, 0.2) is 0 Å². The number of hydrogen-bond donors (Lipinski definition) is 1. The Morgan fingerprint density at radius 1 is 1.19 bits per heavy atom. The summed E-state index contributed by atoms with van der Waals surface area (Å²) in [6, 6.07) is 14.1. The Kier molecular flexibility index (Phi) is 5.73. The van der Waals surface area contributed by atoms with Crippen LogP contribution in [0.2, 0.25) is 0 Å². The zero-order valence-corrected chi connectivity index (χ0v) is 18.0. The lowest BCUT2D eigenvalue weighted by Crippen LogP contribution is -2.03. The van der Waals surface area contributed by atoms with Crippen molar-refractivity contribution < 1.29 is 23.8 Å². The number of benzene rings is 2. The molecule has 0 aliphatic heterocycles. The molecule has 8 heteroatoms. The molecule has 4 aromatic rings. The van der Waals surface area contributed by atoms with Crippen LogP contribution in [0.5, 0.6) is 11.5 Å². The smallest absolute Gasteiger partial charge is 0.350 e. The van der Waals surface area contributed by atoms with Crippen LogP contribution in [0.1, 0.15) is 22.3 Å². The fraction of sp³-hybridized carbons (Fsp3) is 0.174. The van der Waals surface area contributed by atoms with E-state index < -0.39 is 5.97 Å². The largest absolute Gasteiger partial charge is 0.508 e. The number of ether oxygens (including phenoxy) is 2. The van der Waals surface area contributed by atoms with Crippen molar-refractivity contribution in [1.29, 1.82) is 0 Å². The maximum absolute atomic E-state index is 12.1. The monoisotopic (exact) mass is 436 g/mol. The number of thiazole rings is 1. The number of aromatic nitrogens is 1. The minimum absolute atomic E-state index is 0.0962. The number of carbonyl (C=O) groups is 1. The zero-order valence-electron chi connectivity index (χ0n) is 17.2. The van der Waals surface area contributed by atoms with Crippen LogP contribution in [0, 0.1) is 6.92 Å². The Bertz CT molecular complexity index is 1320. The minimum Gasteiger partial charge on any atom is -0.508 e. The van der Waals surface area contributed by atoms with E-state index in [1.807, 2.05) is 24.3 Å². The Balaban J connectivity index is 1.88. The van der Waals surface area contributed by atoms with E-state index in [1.165, 1.54) is 0 Å². The maximum atomic E-state index is 12.1. The van der Waals surface area contributed by atoms with Crippen molar-refractivity contribution in [3.8, 4) is 22.8 Å². The number of rotatable bonds is 5. The number of aryl methyl sites for hydroxylation is 1. The fourth-order valence-corrected chi connectivity index (χ4v) is 3.91. The molecule has 0 unspecified atom stereocenters. The van der Waals surface area contributed by atoms with Crippen molar-refractivity contribution in [3.63, 3.8) is 0 Å². The number of methoxy groups -OCH3 is 1. The molecule has 0 bridgehead atoms. The summed E-state index contributed by atoms with van der Waals surface area (Å²) in [4.78, 5) is 21.6. The first-order valence-corrected chi connectivity index (χ1v) is 10.4. The van der Waals surface area contributed by atoms with Crippen molar-refractivity contribution in [1.82, 2.24) is 4.98 Å². The molecule has 7 nitrogen and oxygen atoms in total. The molecule has 31 heavy (non-hydrogen) atoms. The molecule has 0 radical (unpaired) electrons. The topological polar surface area (TPSA) is 94.2 Å². The highest BCUT2D eigenvalue weighted by Crippen LogP contribution is 2.28. The summed E-state index contributed by atoms with van der Waals surface area (Å²) in [5.41, 5.74) is 1.96. The van der Waals surface area contributed by atoms with Gasteiger partial charge in [0.1, 0.15) is 27.7 Å². The van der Waals surface area contributed by atoms with Gasteiger partial charge in [-0.05, 0) is 56.3 Å². The van der Waals surface area contributed by atoms with Crippen LogP contribution in [0.15, 0.2) is 57.9 Å². The molecule has 158 valence electrons. The molecule has 1 N–H and O–H groups in total. The van der Waals surface area contributed by atoms with Gasteiger partial charge in [-0.3, -0.25) is 0 Å². The molecule has 0 saturated heterocycles. The van der Waals surface area contributed by atoms with Gasteiger partial charge in [-0.15, -0.1) is 0 Å². The van der Waals surface area contributed by atoms with Crippen LogP contribution >= 0.6 is 11.3 Å². The quantitative estimate of drug-likeness (QED) is 0.443. The molecular weight excluding hydrogens is 416 g/mol. The van der Waals surface area contributed by atoms with Crippen LogP contribution < -0.4 is 10.1 Å². The van der Waals surface area contributed by atoms with Crippen molar-refractivity contribution in [3.05, 3.63) is 64.5 Å². The number of phenols is 1. The number of fused-ring (bicyclic) bond motifs is 1. The van der Waals surface area contributed by atoms with Crippen LogP contribution in [0.3, 0.4) is 0 Å². The van der Waals surface area contributed by atoms with Gasteiger partial charge in [0.2, 0.25) is 5.13 Å². The normalized spacial score (nSPS) is 11.6. The number of nitrogens with zero attached hydrogens (tertiary/aromatic N) is 2. The van der Waals surface area contributed by atoms with Gasteiger partial charge in [-0.2, -0.15) is 0 Å². The second-order valence-corrected chi connectivity index (χ2v) is 7.63. The molecular formula is C23H20N2O5S. The van der Waals surface area contributed by atoms with E-state index in [4.69, 9.17) is 13.9 Å². The third kappa shape index (κ3) is 4.29. The van der Waals surface area contributed by atoms with Gasteiger partial charge in [-0.25, -0.2) is 14.8 Å². The lowest BCUT2D eigenvalue weighted by molar-refractivity contribution is 0.0531. The molecule has 0 fully saturated rings. The first kappa shape index (κ1) is 20.6. The second kappa shape index (κ2) is 8.61. The predicted octanol–water partition coefficient (Wildman–Crippen LogP) is 4.99. The number of phenolic OH excluding ortho intramolecular Hbond substituents is 1. The molecule has 0 spiro atoms. The Hall–Kier alpha value is -3.65. The molecule has 0 aliphatic rings. The van der Waals surface area contributed by atoms with Gasteiger partial charge in [0.25, 0.3) is 0 Å². The SMILES string of the molecule is CCOC(=O)c1sc(/N=c2\cc(-c3ccc(OC)cc3)oc3ccc(O)cc23)nc1C. The third-order valence-corrected chi connectivity index (χ3v) is 5.59. The average Bonchev–Trinajstić information content (AvgIpc) is 3.14. The van der Waals surface area contributed by atoms with E-state index in [0.717, 1.165) is 22.6 Å². The van der Waals surface area contributed by atoms with Gasteiger partial charge in [0, 0.05) is 17.0 Å². The Morgan fingerprint density at radius 2 is 1.97 bits per heavy atom. The van der Waals surface area contributed by atoms with Crippen molar-refractivity contribution in [2.75, 3.05) is 13.7 Å². The molecule has 2 aromatic carbocycles. The number of carbonyl (C=O) groups excluding carboxylic acids is 1. The summed E-state index contributed by atoms with van der Waals surface area (Å²) >= 11 is 1.16. The summed E-state index contributed by atoms with van der Waals surface area (Å²) < 4.78 is 16.4. The van der Waals surface area contributed by atoms with Crippen LogP contribution in [-0.2, 0) is 4.74 Å². The molecule has 2 heterocycles.